The molecule has 1 fully saturated rings. The maximum Gasteiger partial charge on any atom is 0.419 e. The van der Waals surface area contributed by atoms with Crippen molar-refractivity contribution in [1.29, 1.82) is 0 Å². The number of alkyl halides is 4. The van der Waals surface area contributed by atoms with Crippen LogP contribution < -0.4 is 4.90 Å². The summed E-state index contributed by atoms with van der Waals surface area (Å²) in [6.45, 7) is 0.642. The van der Waals surface area contributed by atoms with Crippen molar-refractivity contribution < 1.29 is 17.6 Å². The van der Waals surface area contributed by atoms with Crippen LogP contribution in [-0.4, -0.2) is 23.1 Å². The summed E-state index contributed by atoms with van der Waals surface area (Å²) < 4.78 is 53.2. The standard InChI is InChI=1S/C16H14ClF4N3/c17-14-11(16(19,20)21)4-5-13(23-14)24-9-6-15(18,7-10-24)12-3-1-2-8-22-12/h1-5,8H,6-7,9-10H2. The number of aromatic nitrogens is 2. The minimum atomic E-state index is -4.54. The van der Waals surface area contributed by atoms with Gasteiger partial charge in [0.1, 0.15) is 11.0 Å². The molecule has 3 rings (SSSR count). The lowest BCUT2D eigenvalue weighted by Gasteiger charge is -2.36. The zero-order valence-corrected chi connectivity index (χ0v) is 13.3. The predicted molar refractivity (Wildman–Crippen MR) is 82.7 cm³/mol. The second-order valence-corrected chi connectivity index (χ2v) is 6.03. The Labute approximate surface area is 141 Å². The monoisotopic (exact) mass is 359 g/mol. The van der Waals surface area contributed by atoms with E-state index < -0.39 is 22.6 Å². The van der Waals surface area contributed by atoms with Crippen LogP contribution in [0.25, 0.3) is 0 Å². The van der Waals surface area contributed by atoms with E-state index in [0.717, 1.165) is 6.07 Å². The van der Waals surface area contributed by atoms with Gasteiger partial charge in [0, 0.05) is 32.1 Å². The van der Waals surface area contributed by atoms with Gasteiger partial charge in [0.25, 0.3) is 0 Å². The van der Waals surface area contributed by atoms with E-state index in [-0.39, 0.29) is 12.8 Å². The zero-order valence-electron chi connectivity index (χ0n) is 12.5. The average molecular weight is 360 g/mol. The van der Waals surface area contributed by atoms with E-state index in [1.807, 2.05) is 0 Å². The number of pyridine rings is 2. The summed E-state index contributed by atoms with van der Waals surface area (Å²) in [7, 11) is 0. The van der Waals surface area contributed by atoms with Crippen molar-refractivity contribution >= 4 is 17.4 Å². The van der Waals surface area contributed by atoms with Gasteiger partial charge >= 0.3 is 6.18 Å². The van der Waals surface area contributed by atoms with Gasteiger partial charge in [0.05, 0.1) is 11.3 Å². The van der Waals surface area contributed by atoms with Crippen LogP contribution in [0, 0.1) is 0 Å². The van der Waals surface area contributed by atoms with Crippen LogP contribution in [0.2, 0.25) is 5.15 Å². The Hall–Kier alpha value is -1.89. The molecule has 0 unspecified atom stereocenters. The first-order valence-electron chi connectivity index (χ1n) is 7.39. The van der Waals surface area contributed by atoms with E-state index >= 15 is 4.39 Å². The SMILES string of the molecule is FC(F)(F)c1ccc(N2CCC(F)(c3ccccn3)CC2)nc1Cl. The maximum absolute atomic E-state index is 15.0. The third kappa shape index (κ3) is 3.31. The van der Waals surface area contributed by atoms with Gasteiger partial charge in [-0.2, -0.15) is 13.2 Å². The maximum atomic E-state index is 15.0. The highest BCUT2D eigenvalue weighted by atomic mass is 35.5. The van der Waals surface area contributed by atoms with Crippen LogP contribution in [0.1, 0.15) is 24.1 Å². The summed E-state index contributed by atoms with van der Waals surface area (Å²) in [5.41, 5.74) is -2.13. The molecule has 0 spiro atoms. The molecule has 128 valence electrons. The highest BCUT2D eigenvalue weighted by Gasteiger charge is 2.38. The van der Waals surface area contributed by atoms with Crippen molar-refractivity contribution in [2.24, 2.45) is 0 Å². The predicted octanol–water partition coefficient (Wildman–Crippen LogP) is 4.61. The van der Waals surface area contributed by atoms with Gasteiger partial charge in [0.15, 0.2) is 5.67 Å². The molecule has 0 radical (unpaired) electrons. The molecule has 24 heavy (non-hydrogen) atoms. The topological polar surface area (TPSA) is 29.0 Å². The third-order valence-corrected chi connectivity index (χ3v) is 4.43. The second kappa shape index (κ2) is 6.20. The first kappa shape index (κ1) is 17.0. The Kier molecular flexibility index (Phi) is 4.38. The molecule has 0 N–H and O–H groups in total. The van der Waals surface area contributed by atoms with E-state index in [0.29, 0.717) is 24.6 Å². The van der Waals surface area contributed by atoms with Gasteiger partial charge in [-0.15, -0.1) is 0 Å². The molecule has 0 aromatic carbocycles. The Morgan fingerprint density at radius 3 is 2.33 bits per heavy atom. The van der Waals surface area contributed by atoms with E-state index in [1.165, 1.54) is 6.07 Å². The first-order valence-corrected chi connectivity index (χ1v) is 7.76. The van der Waals surface area contributed by atoms with E-state index in [2.05, 4.69) is 9.97 Å². The lowest BCUT2D eigenvalue weighted by atomic mass is 9.89. The minimum Gasteiger partial charge on any atom is -0.356 e. The number of piperidine rings is 1. The second-order valence-electron chi connectivity index (χ2n) is 5.67. The number of rotatable bonds is 2. The molecule has 3 nitrogen and oxygen atoms in total. The molecule has 0 atom stereocenters. The van der Waals surface area contributed by atoms with Crippen LogP contribution >= 0.6 is 11.6 Å². The van der Waals surface area contributed by atoms with E-state index in [4.69, 9.17) is 11.6 Å². The van der Waals surface area contributed by atoms with Crippen molar-refractivity contribution in [1.82, 2.24) is 9.97 Å². The van der Waals surface area contributed by atoms with E-state index in [9.17, 15) is 13.2 Å². The van der Waals surface area contributed by atoms with Gasteiger partial charge in [-0.25, -0.2) is 9.37 Å². The number of halogens is 5. The highest BCUT2D eigenvalue weighted by molar-refractivity contribution is 6.30. The summed E-state index contributed by atoms with van der Waals surface area (Å²) in [5.74, 6) is 0.316. The quantitative estimate of drug-likeness (QED) is 0.579. The van der Waals surface area contributed by atoms with Gasteiger partial charge in [-0.3, -0.25) is 4.98 Å². The zero-order chi connectivity index (χ0) is 17.4. The molecular formula is C16H14ClF4N3. The fourth-order valence-corrected chi connectivity index (χ4v) is 3.04. The molecule has 3 heterocycles. The Morgan fingerprint density at radius 2 is 1.79 bits per heavy atom. The smallest absolute Gasteiger partial charge is 0.356 e. The van der Waals surface area contributed by atoms with Crippen LogP contribution in [0.15, 0.2) is 36.5 Å². The Morgan fingerprint density at radius 1 is 1.08 bits per heavy atom. The largest absolute Gasteiger partial charge is 0.419 e. The summed E-state index contributed by atoms with van der Waals surface area (Å²) in [5, 5.41) is -0.596. The fourth-order valence-electron chi connectivity index (χ4n) is 2.79. The highest BCUT2D eigenvalue weighted by Crippen LogP contribution is 2.38. The molecule has 1 aliphatic heterocycles. The normalized spacial score (nSPS) is 17.8. The van der Waals surface area contributed by atoms with Crippen molar-refractivity contribution in [3.63, 3.8) is 0 Å². The third-order valence-electron chi connectivity index (χ3n) is 4.14. The Balaban J connectivity index is 1.74. The Bertz CT molecular complexity index is 713. The summed E-state index contributed by atoms with van der Waals surface area (Å²) in [4.78, 5) is 9.62. The lowest BCUT2D eigenvalue weighted by molar-refractivity contribution is -0.137. The first-order chi connectivity index (χ1) is 11.3. The molecule has 1 aliphatic rings. The average Bonchev–Trinajstić information content (AvgIpc) is 2.55. The molecule has 2 aromatic heterocycles. The molecule has 2 aromatic rings. The van der Waals surface area contributed by atoms with Crippen molar-refractivity contribution in [2.45, 2.75) is 24.7 Å². The summed E-state index contributed by atoms with van der Waals surface area (Å²) >= 11 is 5.64. The molecule has 0 bridgehead atoms. The number of nitrogens with zero attached hydrogens (tertiary/aromatic N) is 3. The summed E-state index contributed by atoms with van der Waals surface area (Å²) in [6, 6.07) is 7.26. The lowest BCUT2D eigenvalue weighted by Crippen LogP contribution is -2.41. The minimum absolute atomic E-state index is 0.185. The molecule has 8 heteroatoms. The number of hydrogen-bond acceptors (Lipinski definition) is 3. The molecule has 0 aliphatic carbocycles. The molecule has 0 saturated carbocycles. The van der Waals surface area contributed by atoms with Gasteiger partial charge in [-0.05, 0) is 24.3 Å². The van der Waals surface area contributed by atoms with Crippen LogP contribution in [0.4, 0.5) is 23.4 Å². The molecule has 0 amide bonds. The fraction of sp³-hybridized carbons (Fsp3) is 0.375. The van der Waals surface area contributed by atoms with Gasteiger partial charge < -0.3 is 4.90 Å². The summed E-state index contributed by atoms with van der Waals surface area (Å²) in [6.07, 6.45) is -2.63. The number of hydrogen-bond donors (Lipinski definition) is 0. The van der Waals surface area contributed by atoms with Gasteiger partial charge in [-0.1, -0.05) is 17.7 Å². The van der Waals surface area contributed by atoms with Crippen LogP contribution in [-0.2, 0) is 11.8 Å². The van der Waals surface area contributed by atoms with Crippen LogP contribution in [0.3, 0.4) is 0 Å². The molecular weight excluding hydrogens is 346 g/mol. The van der Waals surface area contributed by atoms with Crippen molar-refractivity contribution in [3.8, 4) is 0 Å². The van der Waals surface area contributed by atoms with Crippen LogP contribution in [0.5, 0.6) is 0 Å². The number of anilines is 1. The van der Waals surface area contributed by atoms with E-state index in [1.54, 1.807) is 29.3 Å². The van der Waals surface area contributed by atoms with Crippen molar-refractivity contribution in [2.75, 3.05) is 18.0 Å². The van der Waals surface area contributed by atoms with Crippen molar-refractivity contribution in [3.05, 3.63) is 52.9 Å². The van der Waals surface area contributed by atoms with Gasteiger partial charge in [0.2, 0.25) is 0 Å². The molecule has 1 saturated heterocycles.